The summed E-state index contributed by atoms with van der Waals surface area (Å²) in [5.41, 5.74) is -2.83. The molecule has 0 aliphatic heterocycles. The lowest BCUT2D eigenvalue weighted by Gasteiger charge is -2.19. The van der Waals surface area contributed by atoms with Crippen LogP contribution in [0.1, 0.15) is 51.1 Å². The van der Waals surface area contributed by atoms with Crippen molar-refractivity contribution in [2.24, 2.45) is 0 Å². The van der Waals surface area contributed by atoms with Gasteiger partial charge in [-0.1, -0.05) is 6.07 Å². The van der Waals surface area contributed by atoms with Gasteiger partial charge in [0.25, 0.3) is 11.8 Å². The quantitative estimate of drug-likeness (QED) is 0.345. The van der Waals surface area contributed by atoms with Gasteiger partial charge in [-0.25, -0.2) is 13.4 Å². The standard InChI is InChI=1S/C26H23F4N5O3S/c1-13-10-18(25(12-31)8-9-25)20(27)15(3)21(13)38-24-19(14(2)22(34-35-24)26(28,29)30)23(36)33-16-6-5-7-17(11-16)39(4,32)37/h5-7,10-11,32H,8-9H2,1-4H3,(H,33,36). The number of aromatic nitrogens is 2. The molecule has 3 aromatic rings. The van der Waals surface area contributed by atoms with E-state index in [0.717, 1.165) is 6.92 Å². The highest BCUT2D eigenvalue weighted by atomic mass is 32.2. The van der Waals surface area contributed by atoms with Crippen LogP contribution in [0, 0.1) is 42.7 Å². The van der Waals surface area contributed by atoms with Crippen molar-refractivity contribution in [3.8, 4) is 17.7 Å². The summed E-state index contributed by atoms with van der Waals surface area (Å²) in [7, 11) is -3.14. The molecule has 8 nitrogen and oxygen atoms in total. The second-order valence-corrected chi connectivity index (χ2v) is 11.6. The first kappa shape index (κ1) is 28.0. The lowest BCUT2D eigenvalue weighted by atomic mass is 9.92. The molecule has 204 valence electrons. The number of nitrogens with one attached hydrogen (secondary N) is 2. The van der Waals surface area contributed by atoms with Crippen LogP contribution in [-0.2, 0) is 21.3 Å². The van der Waals surface area contributed by atoms with E-state index in [9.17, 15) is 27.4 Å². The summed E-state index contributed by atoms with van der Waals surface area (Å²) in [6, 6.07) is 9.11. The van der Waals surface area contributed by atoms with Crippen molar-refractivity contribution in [1.29, 1.82) is 10.0 Å². The molecule has 2 aromatic carbocycles. The number of halogens is 4. The first-order valence-corrected chi connectivity index (χ1v) is 13.5. The number of benzene rings is 2. The average molecular weight is 562 g/mol. The molecule has 13 heteroatoms. The molecule has 0 saturated heterocycles. The van der Waals surface area contributed by atoms with Crippen LogP contribution >= 0.6 is 0 Å². The number of carbonyl (C=O) groups excluding carboxylic acids is 1. The Morgan fingerprint density at radius 2 is 1.85 bits per heavy atom. The maximum atomic E-state index is 15.3. The van der Waals surface area contributed by atoms with Crippen molar-refractivity contribution in [3.63, 3.8) is 0 Å². The lowest BCUT2D eigenvalue weighted by molar-refractivity contribution is -0.142. The Hall–Kier alpha value is -4.05. The van der Waals surface area contributed by atoms with Crippen LogP contribution in [0.5, 0.6) is 11.6 Å². The Balaban J connectivity index is 1.80. The van der Waals surface area contributed by atoms with Crippen LogP contribution in [0.3, 0.4) is 0 Å². The monoisotopic (exact) mass is 561 g/mol. The topological polar surface area (TPSA) is 129 Å². The molecule has 1 amide bonds. The maximum absolute atomic E-state index is 15.3. The smallest absolute Gasteiger partial charge is 0.435 e. The number of hydrogen-bond acceptors (Lipinski definition) is 7. The van der Waals surface area contributed by atoms with Crippen LogP contribution < -0.4 is 10.1 Å². The number of nitriles is 1. The van der Waals surface area contributed by atoms with E-state index < -0.39 is 55.7 Å². The highest BCUT2D eigenvalue weighted by Gasteiger charge is 2.47. The third-order valence-corrected chi connectivity index (χ3v) is 7.68. The fourth-order valence-electron chi connectivity index (χ4n) is 4.23. The number of rotatable bonds is 6. The number of amides is 1. The highest BCUT2D eigenvalue weighted by Crippen LogP contribution is 2.50. The van der Waals surface area contributed by atoms with E-state index in [2.05, 4.69) is 21.6 Å². The normalized spacial score (nSPS) is 15.7. The van der Waals surface area contributed by atoms with Crippen LogP contribution in [0.2, 0.25) is 0 Å². The predicted molar refractivity (Wildman–Crippen MR) is 134 cm³/mol. The predicted octanol–water partition coefficient (Wildman–Crippen LogP) is 6.20. The number of nitrogens with zero attached hydrogens (tertiary/aromatic N) is 3. The number of alkyl halides is 3. The molecule has 1 unspecified atom stereocenters. The van der Waals surface area contributed by atoms with Crippen molar-refractivity contribution >= 4 is 21.3 Å². The molecule has 0 spiro atoms. The fourth-order valence-corrected chi connectivity index (χ4v) is 4.92. The largest absolute Gasteiger partial charge is 0.436 e. The second kappa shape index (κ2) is 9.60. The Bertz CT molecular complexity index is 1660. The molecular formula is C26H23F4N5O3S. The number of anilines is 1. The number of ether oxygens (including phenoxy) is 1. The number of carbonyl (C=O) groups is 1. The summed E-state index contributed by atoms with van der Waals surface area (Å²) in [6.45, 7) is 4.01. The summed E-state index contributed by atoms with van der Waals surface area (Å²) in [5.74, 6) is -2.39. The molecule has 0 bridgehead atoms. The van der Waals surface area contributed by atoms with Crippen molar-refractivity contribution in [3.05, 3.63) is 69.7 Å². The van der Waals surface area contributed by atoms with Crippen LogP contribution in [0.4, 0.5) is 23.2 Å². The van der Waals surface area contributed by atoms with Gasteiger partial charge >= 0.3 is 6.18 Å². The summed E-state index contributed by atoms with van der Waals surface area (Å²) < 4.78 is 81.8. The molecule has 39 heavy (non-hydrogen) atoms. The summed E-state index contributed by atoms with van der Waals surface area (Å²) >= 11 is 0. The molecular weight excluding hydrogens is 538 g/mol. The third-order valence-electron chi connectivity index (χ3n) is 6.53. The SMILES string of the molecule is Cc1cc(C2(C#N)CC2)c(F)c(C)c1Oc1nnc(C(F)(F)F)c(C)c1C(=O)Nc1cccc(S(C)(=N)=O)c1. The van der Waals surface area contributed by atoms with Crippen molar-refractivity contribution in [2.45, 2.75) is 50.1 Å². The molecule has 1 aliphatic carbocycles. The molecule has 1 atom stereocenters. The van der Waals surface area contributed by atoms with E-state index >= 15 is 4.39 Å². The zero-order valence-corrected chi connectivity index (χ0v) is 22.1. The zero-order chi connectivity index (χ0) is 28.9. The zero-order valence-electron chi connectivity index (χ0n) is 21.3. The Morgan fingerprint density at radius 1 is 1.18 bits per heavy atom. The van der Waals surface area contributed by atoms with Gasteiger partial charge in [0.05, 0.1) is 21.2 Å². The lowest BCUT2D eigenvalue weighted by Crippen LogP contribution is -2.21. The van der Waals surface area contributed by atoms with Crippen molar-refractivity contribution in [1.82, 2.24) is 10.2 Å². The highest BCUT2D eigenvalue weighted by molar-refractivity contribution is 7.91. The van der Waals surface area contributed by atoms with Crippen molar-refractivity contribution < 1.29 is 31.3 Å². The summed E-state index contributed by atoms with van der Waals surface area (Å²) in [5, 5.41) is 18.7. The maximum Gasteiger partial charge on any atom is 0.435 e. The Morgan fingerprint density at radius 3 is 2.41 bits per heavy atom. The molecule has 1 heterocycles. The summed E-state index contributed by atoms with van der Waals surface area (Å²) in [6.07, 6.45) is -2.74. The first-order valence-electron chi connectivity index (χ1n) is 11.6. The van der Waals surface area contributed by atoms with Crippen molar-refractivity contribution in [2.75, 3.05) is 11.6 Å². The van der Waals surface area contributed by atoms with Crippen LogP contribution in [0.25, 0.3) is 0 Å². The molecule has 1 aromatic heterocycles. The van der Waals surface area contributed by atoms with Gasteiger partial charge in [0.15, 0.2) is 5.69 Å². The minimum Gasteiger partial charge on any atom is -0.436 e. The molecule has 0 radical (unpaired) electrons. The first-order chi connectivity index (χ1) is 18.1. The molecule has 1 aliphatic rings. The van der Waals surface area contributed by atoms with Gasteiger partial charge in [-0.3, -0.25) is 4.79 Å². The van der Waals surface area contributed by atoms with Gasteiger partial charge in [0, 0.05) is 28.0 Å². The van der Waals surface area contributed by atoms with E-state index in [1.807, 2.05) is 0 Å². The molecule has 1 fully saturated rings. The average Bonchev–Trinajstić information content (AvgIpc) is 3.64. The van der Waals surface area contributed by atoms with Gasteiger partial charge in [0.2, 0.25) is 0 Å². The fraction of sp³-hybridized carbons (Fsp3) is 0.308. The van der Waals surface area contributed by atoms with Gasteiger partial charge in [-0.15, -0.1) is 10.2 Å². The van der Waals surface area contributed by atoms with E-state index in [0.29, 0.717) is 18.4 Å². The minimum absolute atomic E-state index is 0.00177. The third kappa shape index (κ3) is 5.29. The van der Waals surface area contributed by atoms with Crippen LogP contribution in [-0.4, -0.2) is 26.6 Å². The molecule has 4 rings (SSSR count). The van der Waals surface area contributed by atoms with Gasteiger partial charge in [-0.2, -0.15) is 18.4 Å². The van der Waals surface area contributed by atoms with E-state index in [1.54, 1.807) is 6.92 Å². The Kier molecular flexibility index (Phi) is 6.89. The number of aryl methyl sites for hydroxylation is 1. The molecule has 2 N–H and O–H groups in total. The minimum atomic E-state index is -4.93. The van der Waals surface area contributed by atoms with Gasteiger partial charge in [0.1, 0.15) is 17.1 Å². The second-order valence-electron chi connectivity index (χ2n) is 9.48. The number of hydrogen-bond donors (Lipinski definition) is 2. The van der Waals surface area contributed by atoms with E-state index in [-0.39, 0.29) is 27.5 Å². The van der Waals surface area contributed by atoms with E-state index in [1.165, 1.54) is 43.5 Å². The van der Waals surface area contributed by atoms with Crippen LogP contribution in [0.15, 0.2) is 35.2 Å². The van der Waals surface area contributed by atoms with E-state index in [4.69, 9.17) is 9.52 Å². The van der Waals surface area contributed by atoms with Gasteiger partial charge < -0.3 is 10.1 Å². The Labute approximate surface area is 222 Å². The van der Waals surface area contributed by atoms with Gasteiger partial charge in [-0.05, 0) is 69.0 Å². The molecule has 1 saturated carbocycles. The summed E-state index contributed by atoms with van der Waals surface area (Å²) in [4.78, 5) is 13.4.